The minimum atomic E-state index is -0.0564. The van der Waals surface area contributed by atoms with Crippen molar-refractivity contribution >= 4 is 23.6 Å². The van der Waals surface area contributed by atoms with Crippen LogP contribution in [-0.4, -0.2) is 28.5 Å². The number of benzene rings is 2. The van der Waals surface area contributed by atoms with E-state index >= 15 is 0 Å². The van der Waals surface area contributed by atoms with E-state index in [4.69, 9.17) is 0 Å². The Hall–Kier alpha value is -2.27. The fourth-order valence-electron chi connectivity index (χ4n) is 2.94. The van der Waals surface area contributed by atoms with Gasteiger partial charge in [0, 0.05) is 18.2 Å². The van der Waals surface area contributed by atoms with Crippen LogP contribution < -0.4 is 5.32 Å². The Labute approximate surface area is 165 Å². The molecule has 1 heterocycles. The third-order valence-corrected chi connectivity index (χ3v) is 6.24. The van der Waals surface area contributed by atoms with Gasteiger partial charge in [-0.15, -0.1) is 11.8 Å². The van der Waals surface area contributed by atoms with Crippen LogP contribution in [0.4, 0.5) is 0 Å². The number of carbonyl (C=O) groups excluding carboxylic acids is 2. The Balaban J connectivity index is 1.71. The van der Waals surface area contributed by atoms with Crippen LogP contribution in [0.1, 0.15) is 47.6 Å². The Bertz CT molecular complexity index is 790. The number of amides is 2. The maximum Gasteiger partial charge on any atom is 0.251 e. The molecule has 0 radical (unpaired) electrons. The number of rotatable bonds is 6. The summed E-state index contributed by atoms with van der Waals surface area (Å²) in [5.74, 6) is 0.979. The molecule has 142 valence electrons. The molecule has 0 bridgehead atoms. The van der Waals surface area contributed by atoms with E-state index in [0.29, 0.717) is 23.8 Å². The van der Waals surface area contributed by atoms with Crippen LogP contribution in [0.2, 0.25) is 0 Å². The summed E-state index contributed by atoms with van der Waals surface area (Å²) < 4.78 is 0. The van der Waals surface area contributed by atoms with Gasteiger partial charge in [-0.3, -0.25) is 9.59 Å². The highest BCUT2D eigenvalue weighted by atomic mass is 32.2. The summed E-state index contributed by atoms with van der Waals surface area (Å²) in [6, 6.07) is 17.8. The summed E-state index contributed by atoms with van der Waals surface area (Å²) in [5.41, 5.74) is 2.82. The Morgan fingerprint density at radius 2 is 1.78 bits per heavy atom. The van der Waals surface area contributed by atoms with Gasteiger partial charge in [0.05, 0.1) is 5.75 Å². The topological polar surface area (TPSA) is 49.4 Å². The molecule has 0 saturated carbocycles. The van der Waals surface area contributed by atoms with Gasteiger partial charge in [0.25, 0.3) is 5.91 Å². The lowest BCUT2D eigenvalue weighted by atomic mass is 10.1. The predicted octanol–water partition coefficient (Wildman–Crippen LogP) is 4.24. The zero-order valence-corrected chi connectivity index (χ0v) is 16.8. The van der Waals surface area contributed by atoms with Crippen molar-refractivity contribution in [3.8, 4) is 0 Å². The molecule has 5 heteroatoms. The summed E-state index contributed by atoms with van der Waals surface area (Å²) in [5, 5.41) is 3.01. The minimum absolute atomic E-state index is 0.00981. The minimum Gasteiger partial charge on any atom is -0.349 e. The molecule has 0 aromatic heterocycles. The molecule has 1 saturated heterocycles. The van der Waals surface area contributed by atoms with Crippen molar-refractivity contribution in [3.63, 3.8) is 0 Å². The van der Waals surface area contributed by atoms with Gasteiger partial charge in [0.2, 0.25) is 5.91 Å². The second kappa shape index (κ2) is 8.61. The molecule has 0 spiro atoms. The van der Waals surface area contributed by atoms with Gasteiger partial charge in [-0.1, -0.05) is 56.3 Å². The SMILES string of the molecule is CC(C)[C@H](C)NC(=O)c1ccc([C@@H]2SCC(=O)N2Cc2ccccc2)cc1. The van der Waals surface area contributed by atoms with E-state index in [0.717, 1.165) is 11.1 Å². The van der Waals surface area contributed by atoms with Crippen molar-refractivity contribution in [3.05, 3.63) is 71.3 Å². The van der Waals surface area contributed by atoms with E-state index in [2.05, 4.69) is 19.2 Å². The standard InChI is InChI=1S/C22H26N2O2S/c1-15(2)16(3)23-21(26)18-9-11-19(12-10-18)22-24(20(25)14-27-22)13-17-7-5-4-6-8-17/h4-12,15-16,22H,13-14H2,1-3H3,(H,23,26)/t16-,22-/m0/s1. The lowest BCUT2D eigenvalue weighted by Crippen LogP contribution is -2.36. The van der Waals surface area contributed by atoms with Crippen molar-refractivity contribution in [2.45, 2.75) is 38.7 Å². The number of nitrogens with one attached hydrogen (secondary N) is 1. The monoisotopic (exact) mass is 382 g/mol. The molecule has 4 nitrogen and oxygen atoms in total. The van der Waals surface area contributed by atoms with Crippen LogP contribution in [0, 0.1) is 5.92 Å². The number of hydrogen-bond donors (Lipinski definition) is 1. The highest BCUT2D eigenvalue weighted by Gasteiger charge is 2.32. The molecule has 1 fully saturated rings. The maximum atomic E-state index is 12.4. The molecular weight excluding hydrogens is 356 g/mol. The first kappa shape index (κ1) is 19.5. The quantitative estimate of drug-likeness (QED) is 0.813. The van der Waals surface area contributed by atoms with Crippen LogP contribution in [0.5, 0.6) is 0 Å². The molecular formula is C22H26N2O2S. The summed E-state index contributed by atoms with van der Waals surface area (Å²) in [6.45, 7) is 6.79. The van der Waals surface area contributed by atoms with Crippen molar-refractivity contribution in [1.82, 2.24) is 10.2 Å². The fraction of sp³-hybridized carbons (Fsp3) is 0.364. The lowest BCUT2D eigenvalue weighted by Gasteiger charge is -2.24. The number of carbonyl (C=O) groups is 2. The summed E-state index contributed by atoms with van der Waals surface area (Å²) in [6.07, 6.45) is 0. The van der Waals surface area contributed by atoms with Gasteiger partial charge in [0.1, 0.15) is 5.37 Å². The fourth-order valence-corrected chi connectivity index (χ4v) is 4.13. The highest BCUT2D eigenvalue weighted by molar-refractivity contribution is 8.00. The van der Waals surface area contributed by atoms with Gasteiger partial charge in [-0.25, -0.2) is 0 Å². The van der Waals surface area contributed by atoms with Crippen molar-refractivity contribution in [2.24, 2.45) is 5.92 Å². The maximum absolute atomic E-state index is 12.4. The average molecular weight is 383 g/mol. The molecule has 3 rings (SSSR count). The van der Waals surface area contributed by atoms with E-state index in [-0.39, 0.29) is 23.2 Å². The third kappa shape index (κ3) is 4.72. The Morgan fingerprint density at radius 3 is 2.41 bits per heavy atom. The molecule has 0 aliphatic carbocycles. The third-order valence-electron chi connectivity index (χ3n) is 4.98. The summed E-state index contributed by atoms with van der Waals surface area (Å²) in [7, 11) is 0. The van der Waals surface area contributed by atoms with Crippen molar-refractivity contribution < 1.29 is 9.59 Å². The first-order valence-corrected chi connectivity index (χ1v) is 10.4. The van der Waals surface area contributed by atoms with E-state index in [1.807, 2.05) is 66.4 Å². The molecule has 1 aliphatic rings. The van der Waals surface area contributed by atoms with Crippen LogP contribution in [0.15, 0.2) is 54.6 Å². The average Bonchev–Trinajstić information content (AvgIpc) is 3.03. The van der Waals surface area contributed by atoms with Crippen molar-refractivity contribution in [1.29, 1.82) is 0 Å². The number of thioether (sulfide) groups is 1. The summed E-state index contributed by atoms with van der Waals surface area (Å²) >= 11 is 1.64. The lowest BCUT2D eigenvalue weighted by molar-refractivity contribution is -0.128. The first-order chi connectivity index (χ1) is 13.0. The van der Waals surface area contributed by atoms with E-state index < -0.39 is 0 Å². The smallest absolute Gasteiger partial charge is 0.251 e. The largest absolute Gasteiger partial charge is 0.349 e. The zero-order chi connectivity index (χ0) is 19.4. The summed E-state index contributed by atoms with van der Waals surface area (Å²) in [4.78, 5) is 26.6. The van der Waals surface area contributed by atoms with E-state index in [1.165, 1.54) is 0 Å². The van der Waals surface area contributed by atoms with Gasteiger partial charge >= 0.3 is 0 Å². The molecule has 1 aliphatic heterocycles. The molecule has 0 unspecified atom stereocenters. The zero-order valence-electron chi connectivity index (χ0n) is 16.0. The first-order valence-electron chi connectivity index (χ1n) is 9.31. The second-order valence-corrected chi connectivity index (χ2v) is 8.37. The second-order valence-electron chi connectivity index (χ2n) is 7.30. The molecule has 1 N–H and O–H groups in total. The van der Waals surface area contributed by atoms with Crippen LogP contribution in [0.25, 0.3) is 0 Å². The Kier molecular flexibility index (Phi) is 6.22. The molecule has 2 atom stereocenters. The number of hydrogen-bond acceptors (Lipinski definition) is 3. The normalized spacial score (nSPS) is 18.0. The van der Waals surface area contributed by atoms with Crippen LogP contribution in [-0.2, 0) is 11.3 Å². The Morgan fingerprint density at radius 1 is 1.11 bits per heavy atom. The van der Waals surface area contributed by atoms with E-state index in [9.17, 15) is 9.59 Å². The van der Waals surface area contributed by atoms with E-state index in [1.54, 1.807) is 11.8 Å². The molecule has 27 heavy (non-hydrogen) atoms. The van der Waals surface area contributed by atoms with Crippen molar-refractivity contribution in [2.75, 3.05) is 5.75 Å². The van der Waals surface area contributed by atoms with Gasteiger partial charge in [-0.2, -0.15) is 0 Å². The van der Waals surface area contributed by atoms with Gasteiger partial charge < -0.3 is 10.2 Å². The molecule has 2 aromatic carbocycles. The van der Waals surface area contributed by atoms with Gasteiger partial charge in [0.15, 0.2) is 0 Å². The molecule has 2 amide bonds. The highest BCUT2D eigenvalue weighted by Crippen LogP contribution is 2.39. The van der Waals surface area contributed by atoms with Gasteiger partial charge in [-0.05, 0) is 36.1 Å². The number of nitrogens with zero attached hydrogens (tertiary/aromatic N) is 1. The van der Waals surface area contributed by atoms with Crippen LogP contribution >= 0.6 is 11.8 Å². The van der Waals surface area contributed by atoms with Crippen LogP contribution in [0.3, 0.4) is 0 Å². The predicted molar refractivity (Wildman–Crippen MR) is 110 cm³/mol. The molecule has 2 aromatic rings.